The number of rotatable bonds is 6. The van der Waals surface area contributed by atoms with E-state index in [1.165, 1.54) is 10.8 Å². The molecular formula is C24H23NO4. The first kappa shape index (κ1) is 18.7. The van der Waals surface area contributed by atoms with Crippen molar-refractivity contribution in [3.63, 3.8) is 0 Å². The van der Waals surface area contributed by atoms with Gasteiger partial charge in [-0.2, -0.15) is 4.73 Å². The molecule has 0 aliphatic carbocycles. The highest BCUT2D eigenvalue weighted by atomic mass is 16.6. The number of fused-ring (bicyclic) bond motifs is 1. The van der Waals surface area contributed by atoms with Crippen molar-refractivity contribution < 1.29 is 19.0 Å². The van der Waals surface area contributed by atoms with Gasteiger partial charge in [0.25, 0.3) is 0 Å². The van der Waals surface area contributed by atoms with E-state index in [1.54, 1.807) is 33.2 Å². The fourth-order valence-corrected chi connectivity index (χ4v) is 3.59. The van der Waals surface area contributed by atoms with E-state index in [1.807, 2.05) is 36.7 Å². The fraction of sp³-hybridized carbons (Fsp3) is 0.167. The van der Waals surface area contributed by atoms with Crippen LogP contribution in [0.3, 0.4) is 0 Å². The molecule has 29 heavy (non-hydrogen) atoms. The van der Waals surface area contributed by atoms with Crippen LogP contribution in [0.1, 0.15) is 0 Å². The van der Waals surface area contributed by atoms with Crippen LogP contribution in [0.15, 0.2) is 67.0 Å². The van der Waals surface area contributed by atoms with Gasteiger partial charge in [-0.15, -0.1) is 0 Å². The molecule has 1 heterocycles. The molecule has 3 aromatic carbocycles. The van der Waals surface area contributed by atoms with Crippen molar-refractivity contribution in [3.8, 4) is 39.5 Å². The Hall–Kier alpha value is -3.60. The van der Waals surface area contributed by atoms with Crippen molar-refractivity contribution in [2.45, 2.75) is 0 Å². The summed E-state index contributed by atoms with van der Waals surface area (Å²) >= 11 is 0. The largest absolute Gasteiger partial charge is 0.493 e. The van der Waals surface area contributed by atoms with E-state index in [0.29, 0.717) is 17.2 Å². The maximum atomic E-state index is 5.53. The van der Waals surface area contributed by atoms with Crippen LogP contribution in [-0.4, -0.2) is 33.2 Å². The Balaban J connectivity index is 1.92. The lowest BCUT2D eigenvalue weighted by molar-refractivity contribution is 0.168. The van der Waals surface area contributed by atoms with Gasteiger partial charge in [0.05, 0.1) is 33.7 Å². The van der Waals surface area contributed by atoms with Crippen LogP contribution in [0.25, 0.3) is 33.0 Å². The molecule has 0 bridgehead atoms. The van der Waals surface area contributed by atoms with Gasteiger partial charge < -0.3 is 19.0 Å². The summed E-state index contributed by atoms with van der Waals surface area (Å²) in [6.45, 7) is 0. The Morgan fingerprint density at radius 2 is 1.24 bits per heavy atom. The van der Waals surface area contributed by atoms with E-state index in [-0.39, 0.29) is 0 Å². The predicted molar refractivity (Wildman–Crippen MR) is 115 cm³/mol. The van der Waals surface area contributed by atoms with Crippen molar-refractivity contribution in [3.05, 3.63) is 67.0 Å². The van der Waals surface area contributed by atoms with E-state index in [2.05, 4.69) is 30.3 Å². The monoisotopic (exact) mass is 389 g/mol. The number of hydrogen-bond donors (Lipinski definition) is 0. The molecule has 0 aliphatic heterocycles. The minimum atomic E-state index is 0.567. The molecule has 0 radical (unpaired) electrons. The normalized spacial score (nSPS) is 10.8. The molecule has 0 aliphatic rings. The lowest BCUT2D eigenvalue weighted by Crippen LogP contribution is -2.00. The molecule has 0 spiro atoms. The second-order valence-electron chi connectivity index (χ2n) is 6.60. The van der Waals surface area contributed by atoms with Crippen LogP contribution in [0, 0.1) is 0 Å². The molecule has 0 unspecified atom stereocenters. The van der Waals surface area contributed by atoms with Gasteiger partial charge in [0, 0.05) is 11.1 Å². The maximum absolute atomic E-state index is 5.53. The summed E-state index contributed by atoms with van der Waals surface area (Å²) in [7, 11) is 6.47. The molecule has 4 aromatic rings. The maximum Gasteiger partial charge on any atom is 0.203 e. The lowest BCUT2D eigenvalue weighted by Gasteiger charge is -2.14. The van der Waals surface area contributed by atoms with Crippen molar-refractivity contribution in [1.82, 2.24) is 4.73 Å². The SMILES string of the molecule is COc1cc(-c2cn(OC)cc2-c2ccc3ccccc3c2)cc(OC)c1OC. The van der Waals surface area contributed by atoms with Gasteiger partial charge in [0.2, 0.25) is 5.75 Å². The van der Waals surface area contributed by atoms with E-state index >= 15 is 0 Å². The smallest absolute Gasteiger partial charge is 0.203 e. The van der Waals surface area contributed by atoms with E-state index < -0.39 is 0 Å². The summed E-state index contributed by atoms with van der Waals surface area (Å²) in [6.07, 6.45) is 3.92. The first-order valence-corrected chi connectivity index (χ1v) is 9.24. The van der Waals surface area contributed by atoms with Crippen molar-refractivity contribution in [2.24, 2.45) is 0 Å². The lowest BCUT2D eigenvalue weighted by atomic mass is 9.96. The molecule has 5 heteroatoms. The Kier molecular flexibility index (Phi) is 5.04. The Morgan fingerprint density at radius 3 is 1.83 bits per heavy atom. The topological polar surface area (TPSA) is 41.9 Å². The number of benzene rings is 3. The van der Waals surface area contributed by atoms with Gasteiger partial charge >= 0.3 is 0 Å². The van der Waals surface area contributed by atoms with Gasteiger partial charge in [0.15, 0.2) is 11.5 Å². The quantitative estimate of drug-likeness (QED) is 0.462. The number of ether oxygens (including phenoxy) is 3. The summed E-state index contributed by atoms with van der Waals surface area (Å²) in [5.74, 6) is 1.78. The van der Waals surface area contributed by atoms with Crippen LogP contribution in [0.4, 0.5) is 0 Å². The highest BCUT2D eigenvalue weighted by Gasteiger charge is 2.18. The van der Waals surface area contributed by atoms with Crippen LogP contribution in [-0.2, 0) is 0 Å². The number of methoxy groups -OCH3 is 3. The van der Waals surface area contributed by atoms with Gasteiger partial charge in [-0.25, -0.2) is 0 Å². The summed E-state index contributed by atoms with van der Waals surface area (Å²) in [5, 5.41) is 2.39. The predicted octanol–water partition coefficient (Wildman–Crippen LogP) is 5.06. The Bertz CT molecular complexity index is 1140. The molecule has 0 saturated heterocycles. The molecule has 4 rings (SSSR count). The molecule has 0 fully saturated rings. The van der Waals surface area contributed by atoms with Gasteiger partial charge in [-0.3, -0.25) is 0 Å². The average molecular weight is 389 g/mol. The van der Waals surface area contributed by atoms with Crippen molar-refractivity contribution in [2.75, 3.05) is 28.4 Å². The molecular weight excluding hydrogens is 366 g/mol. The van der Waals surface area contributed by atoms with Crippen LogP contribution in [0.5, 0.6) is 17.2 Å². The van der Waals surface area contributed by atoms with Gasteiger partial charge in [-0.1, -0.05) is 36.4 Å². The third kappa shape index (κ3) is 3.36. The van der Waals surface area contributed by atoms with E-state index in [4.69, 9.17) is 19.0 Å². The summed E-state index contributed by atoms with van der Waals surface area (Å²) in [5.41, 5.74) is 4.09. The van der Waals surface area contributed by atoms with Crippen molar-refractivity contribution >= 4 is 10.8 Å². The molecule has 0 amide bonds. The molecule has 148 valence electrons. The van der Waals surface area contributed by atoms with Crippen LogP contribution < -0.4 is 19.0 Å². The van der Waals surface area contributed by atoms with E-state index in [0.717, 1.165) is 22.3 Å². The third-order valence-electron chi connectivity index (χ3n) is 5.05. The average Bonchev–Trinajstić information content (AvgIpc) is 3.22. The minimum absolute atomic E-state index is 0.567. The molecule has 1 aromatic heterocycles. The van der Waals surface area contributed by atoms with Gasteiger partial charge in [0.1, 0.15) is 7.11 Å². The number of nitrogens with zero attached hydrogens (tertiary/aromatic N) is 1. The molecule has 5 nitrogen and oxygen atoms in total. The first-order valence-electron chi connectivity index (χ1n) is 9.24. The van der Waals surface area contributed by atoms with Crippen LogP contribution in [0.2, 0.25) is 0 Å². The Labute approximate surface area is 170 Å². The zero-order chi connectivity index (χ0) is 20.4. The molecule has 0 N–H and O–H groups in total. The summed E-state index contributed by atoms with van der Waals surface area (Å²) in [6, 6.07) is 18.7. The third-order valence-corrected chi connectivity index (χ3v) is 5.05. The zero-order valence-corrected chi connectivity index (χ0v) is 16.9. The number of aromatic nitrogens is 1. The first-order chi connectivity index (χ1) is 14.2. The molecule has 0 saturated carbocycles. The standard InChI is InChI=1S/C24H23NO4/c1-26-22-12-19(13-23(27-2)24(22)28-3)21-15-25(29-4)14-20(21)18-10-9-16-7-5-6-8-17(16)11-18/h5-15H,1-4H3. The zero-order valence-electron chi connectivity index (χ0n) is 16.9. The van der Waals surface area contributed by atoms with Crippen LogP contribution >= 0.6 is 0 Å². The fourth-order valence-electron chi connectivity index (χ4n) is 3.59. The minimum Gasteiger partial charge on any atom is -0.493 e. The second kappa shape index (κ2) is 7.80. The van der Waals surface area contributed by atoms with Crippen molar-refractivity contribution in [1.29, 1.82) is 0 Å². The van der Waals surface area contributed by atoms with Gasteiger partial charge in [-0.05, 0) is 40.1 Å². The highest BCUT2D eigenvalue weighted by Crippen LogP contribution is 2.43. The molecule has 0 atom stereocenters. The second-order valence-corrected chi connectivity index (χ2v) is 6.60. The Morgan fingerprint density at radius 1 is 0.621 bits per heavy atom. The summed E-state index contributed by atoms with van der Waals surface area (Å²) in [4.78, 5) is 5.45. The van der Waals surface area contributed by atoms with E-state index in [9.17, 15) is 0 Å². The number of hydrogen-bond acceptors (Lipinski definition) is 4. The summed E-state index contributed by atoms with van der Waals surface area (Å²) < 4.78 is 18.2. The highest BCUT2D eigenvalue weighted by molar-refractivity contribution is 5.91.